The van der Waals surface area contributed by atoms with E-state index in [1.165, 1.54) is 36.4 Å². The van der Waals surface area contributed by atoms with Crippen LogP contribution in [0.2, 0.25) is 15.1 Å². The van der Waals surface area contributed by atoms with Gasteiger partial charge in [0, 0.05) is 10.6 Å². The highest BCUT2D eigenvalue weighted by molar-refractivity contribution is 6.38. The molecular weight excluding hydrogens is 325 g/mol. The molecular formula is C13H6Cl3NO3. The Morgan fingerprint density at radius 3 is 2.30 bits per heavy atom. The summed E-state index contributed by atoms with van der Waals surface area (Å²) < 4.78 is 0. The molecule has 0 saturated carbocycles. The number of carbonyl (C=O) groups is 1. The minimum absolute atomic E-state index is 0.106. The molecule has 102 valence electrons. The largest absolute Gasteiger partial charge is 0.298 e. The number of para-hydroxylation sites is 1. The number of halogens is 3. The summed E-state index contributed by atoms with van der Waals surface area (Å²) in [7, 11) is 0. The number of hydrogen-bond donors (Lipinski definition) is 0. The zero-order valence-corrected chi connectivity index (χ0v) is 12.0. The summed E-state index contributed by atoms with van der Waals surface area (Å²) in [6, 6.07) is 8.44. The molecule has 0 aliphatic rings. The second-order valence-corrected chi connectivity index (χ2v) is 5.10. The summed E-state index contributed by atoms with van der Waals surface area (Å²) in [6.07, 6.45) is 0. The third-order valence-corrected chi connectivity index (χ3v) is 3.44. The van der Waals surface area contributed by atoms with Gasteiger partial charge in [-0.25, -0.2) is 0 Å². The van der Waals surface area contributed by atoms with Crippen LogP contribution in [0.1, 0.15) is 15.9 Å². The maximum absolute atomic E-state index is 12.4. The van der Waals surface area contributed by atoms with Crippen molar-refractivity contribution in [3.63, 3.8) is 0 Å². The van der Waals surface area contributed by atoms with Gasteiger partial charge in [-0.2, -0.15) is 0 Å². The third kappa shape index (κ3) is 2.77. The highest BCUT2D eigenvalue weighted by atomic mass is 35.5. The fourth-order valence-corrected chi connectivity index (χ4v) is 2.44. The molecule has 0 spiro atoms. The van der Waals surface area contributed by atoms with E-state index in [2.05, 4.69) is 0 Å². The molecule has 0 saturated heterocycles. The lowest BCUT2D eigenvalue weighted by molar-refractivity contribution is -0.385. The monoisotopic (exact) mass is 329 g/mol. The average molecular weight is 331 g/mol. The molecule has 2 aromatic rings. The maximum Gasteiger partial charge on any atom is 0.298 e. The fraction of sp³-hybridized carbons (Fsp3) is 0. The number of nitro groups is 1. The van der Waals surface area contributed by atoms with Crippen LogP contribution < -0.4 is 0 Å². The molecule has 0 unspecified atom stereocenters. The van der Waals surface area contributed by atoms with E-state index in [1.807, 2.05) is 0 Å². The second-order valence-electron chi connectivity index (χ2n) is 3.85. The van der Waals surface area contributed by atoms with E-state index in [9.17, 15) is 14.9 Å². The van der Waals surface area contributed by atoms with Crippen molar-refractivity contribution < 1.29 is 9.72 Å². The highest BCUT2D eigenvalue weighted by Gasteiger charge is 2.25. The lowest BCUT2D eigenvalue weighted by Gasteiger charge is -2.06. The van der Waals surface area contributed by atoms with Crippen molar-refractivity contribution in [2.24, 2.45) is 0 Å². The van der Waals surface area contributed by atoms with Gasteiger partial charge in [-0.15, -0.1) is 0 Å². The van der Waals surface area contributed by atoms with Crippen LogP contribution in [0.4, 0.5) is 5.69 Å². The summed E-state index contributed by atoms with van der Waals surface area (Å²) in [4.78, 5) is 22.7. The Morgan fingerprint density at radius 1 is 1.00 bits per heavy atom. The molecule has 4 nitrogen and oxygen atoms in total. The molecule has 0 bridgehead atoms. The van der Waals surface area contributed by atoms with Gasteiger partial charge in [-0.05, 0) is 30.3 Å². The van der Waals surface area contributed by atoms with Crippen molar-refractivity contribution in [3.05, 3.63) is 72.7 Å². The van der Waals surface area contributed by atoms with Crippen molar-refractivity contribution in [3.8, 4) is 0 Å². The number of ketones is 1. The van der Waals surface area contributed by atoms with Crippen LogP contribution >= 0.6 is 34.8 Å². The number of nitrogens with zero attached hydrogens (tertiary/aromatic N) is 1. The minimum Gasteiger partial charge on any atom is -0.288 e. The molecule has 0 atom stereocenters. The molecule has 0 amide bonds. The number of carbonyl (C=O) groups excluding carboxylic acids is 1. The summed E-state index contributed by atoms with van der Waals surface area (Å²) >= 11 is 17.5. The molecule has 0 aliphatic carbocycles. The van der Waals surface area contributed by atoms with Gasteiger partial charge in [0.25, 0.3) is 5.69 Å². The molecule has 2 aromatic carbocycles. The number of hydrogen-bond acceptors (Lipinski definition) is 3. The number of nitro benzene ring substituents is 1. The lowest BCUT2D eigenvalue weighted by atomic mass is 10.0. The minimum atomic E-state index is -0.695. The number of benzene rings is 2. The first-order valence-electron chi connectivity index (χ1n) is 5.34. The summed E-state index contributed by atoms with van der Waals surface area (Å²) in [5.41, 5.74) is -0.432. The molecule has 0 aliphatic heterocycles. The average Bonchev–Trinajstić information content (AvgIpc) is 2.37. The summed E-state index contributed by atoms with van der Waals surface area (Å²) in [5, 5.41) is 11.4. The van der Waals surface area contributed by atoms with Gasteiger partial charge in [0.2, 0.25) is 5.78 Å². The molecule has 7 heteroatoms. The van der Waals surface area contributed by atoms with E-state index in [1.54, 1.807) is 0 Å². The zero-order chi connectivity index (χ0) is 14.9. The van der Waals surface area contributed by atoms with Crippen LogP contribution in [-0.4, -0.2) is 10.7 Å². The van der Waals surface area contributed by atoms with Crippen LogP contribution in [0, 0.1) is 10.1 Å². The van der Waals surface area contributed by atoms with E-state index < -0.39 is 16.4 Å². The van der Waals surface area contributed by atoms with Crippen LogP contribution in [0.3, 0.4) is 0 Å². The van der Waals surface area contributed by atoms with Crippen molar-refractivity contribution in [2.75, 3.05) is 0 Å². The van der Waals surface area contributed by atoms with E-state index >= 15 is 0 Å². The first-order valence-corrected chi connectivity index (χ1v) is 6.48. The fourth-order valence-electron chi connectivity index (χ4n) is 1.70. The summed E-state index contributed by atoms with van der Waals surface area (Å²) in [5.74, 6) is -0.583. The molecule has 0 heterocycles. The molecule has 20 heavy (non-hydrogen) atoms. The Balaban J connectivity index is 2.60. The van der Waals surface area contributed by atoms with E-state index in [0.29, 0.717) is 5.02 Å². The van der Waals surface area contributed by atoms with Crippen molar-refractivity contribution in [1.29, 1.82) is 0 Å². The third-order valence-electron chi connectivity index (χ3n) is 2.59. The van der Waals surface area contributed by atoms with Gasteiger partial charge < -0.3 is 0 Å². The normalized spacial score (nSPS) is 10.3. The van der Waals surface area contributed by atoms with Crippen LogP contribution in [0.5, 0.6) is 0 Å². The van der Waals surface area contributed by atoms with Gasteiger partial charge in [-0.3, -0.25) is 14.9 Å². The second kappa shape index (κ2) is 5.79. The lowest BCUT2D eigenvalue weighted by Crippen LogP contribution is -2.06. The Bertz CT molecular complexity index is 716. The Morgan fingerprint density at radius 2 is 1.70 bits per heavy atom. The Kier molecular flexibility index (Phi) is 4.28. The standard InChI is InChI=1S/C13H6Cl3NO3/c14-7-4-5-8(11(16)6-7)13(18)9-2-1-3-10(15)12(9)17(19)20/h1-6H. The van der Waals surface area contributed by atoms with Gasteiger partial charge in [0.05, 0.1) is 9.95 Å². The SMILES string of the molecule is O=C(c1ccc(Cl)cc1Cl)c1cccc(Cl)c1[N+](=O)[O-]. The topological polar surface area (TPSA) is 60.2 Å². The molecule has 0 radical (unpaired) electrons. The predicted octanol–water partition coefficient (Wildman–Crippen LogP) is 4.79. The predicted molar refractivity (Wildman–Crippen MR) is 78.0 cm³/mol. The first-order chi connectivity index (χ1) is 9.41. The number of rotatable bonds is 3. The van der Waals surface area contributed by atoms with Crippen LogP contribution in [0.25, 0.3) is 0 Å². The van der Waals surface area contributed by atoms with Gasteiger partial charge in [-0.1, -0.05) is 40.9 Å². The molecule has 0 fully saturated rings. The van der Waals surface area contributed by atoms with E-state index in [-0.39, 0.29) is 21.2 Å². The van der Waals surface area contributed by atoms with Crippen molar-refractivity contribution in [1.82, 2.24) is 0 Å². The highest BCUT2D eigenvalue weighted by Crippen LogP contribution is 2.31. The summed E-state index contributed by atoms with van der Waals surface area (Å²) in [6.45, 7) is 0. The van der Waals surface area contributed by atoms with Crippen LogP contribution in [0.15, 0.2) is 36.4 Å². The first kappa shape index (κ1) is 14.8. The molecule has 0 aromatic heterocycles. The molecule has 0 N–H and O–H groups in total. The van der Waals surface area contributed by atoms with Gasteiger partial charge >= 0.3 is 0 Å². The Hall–Kier alpha value is -1.62. The smallest absolute Gasteiger partial charge is 0.288 e. The van der Waals surface area contributed by atoms with Crippen molar-refractivity contribution in [2.45, 2.75) is 0 Å². The zero-order valence-electron chi connectivity index (χ0n) is 9.77. The van der Waals surface area contributed by atoms with Gasteiger partial charge in [0.1, 0.15) is 10.6 Å². The van der Waals surface area contributed by atoms with Gasteiger partial charge in [0.15, 0.2) is 0 Å². The molecule has 2 rings (SSSR count). The van der Waals surface area contributed by atoms with E-state index in [4.69, 9.17) is 34.8 Å². The Labute approximate surface area is 129 Å². The van der Waals surface area contributed by atoms with E-state index in [0.717, 1.165) is 0 Å². The quantitative estimate of drug-likeness (QED) is 0.462. The maximum atomic E-state index is 12.4. The van der Waals surface area contributed by atoms with Crippen LogP contribution in [-0.2, 0) is 0 Å². The van der Waals surface area contributed by atoms with Crippen molar-refractivity contribution >= 4 is 46.3 Å².